The number of nitrogens with one attached hydrogen (secondary N) is 1. The Balaban J connectivity index is 1.60. The maximum absolute atomic E-state index is 13.8. The van der Waals surface area contributed by atoms with Gasteiger partial charge in [0.15, 0.2) is 11.5 Å². The minimum absolute atomic E-state index is 0.0529. The molecule has 1 N–H and O–H groups in total. The molecule has 1 heterocycles. The van der Waals surface area contributed by atoms with E-state index >= 15 is 0 Å². The minimum atomic E-state index is -0.657. The number of ether oxygens (including phenoxy) is 3. The van der Waals surface area contributed by atoms with E-state index in [9.17, 15) is 9.18 Å². The quantitative estimate of drug-likeness (QED) is 0.773. The van der Waals surface area contributed by atoms with Gasteiger partial charge in [-0.3, -0.25) is 4.79 Å². The first-order valence-corrected chi connectivity index (χ1v) is 9.09. The van der Waals surface area contributed by atoms with Gasteiger partial charge in [-0.15, -0.1) is 0 Å². The van der Waals surface area contributed by atoms with Gasteiger partial charge in [-0.05, 0) is 48.7 Å². The van der Waals surface area contributed by atoms with E-state index in [1.165, 1.54) is 12.1 Å². The van der Waals surface area contributed by atoms with Crippen molar-refractivity contribution in [3.8, 4) is 11.5 Å². The van der Waals surface area contributed by atoms with Gasteiger partial charge in [0.1, 0.15) is 12.4 Å². The molecule has 0 aliphatic carbocycles. The minimum Gasteiger partial charge on any atom is -0.493 e. The van der Waals surface area contributed by atoms with Crippen molar-refractivity contribution < 1.29 is 23.4 Å². The van der Waals surface area contributed by atoms with Crippen molar-refractivity contribution in [1.82, 2.24) is 5.32 Å². The van der Waals surface area contributed by atoms with Crippen molar-refractivity contribution >= 4 is 17.5 Å². The Labute approximate surface area is 162 Å². The SMILES string of the molecule is COc1cc(CNC(=O)c2ccc(Cl)cc2F)ccc1OC[C@H]1CCCO1. The van der Waals surface area contributed by atoms with E-state index in [1.54, 1.807) is 19.2 Å². The zero-order valence-electron chi connectivity index (χ0n) is 15.0. The van der Waals surface area contributed by atoms with Gasteiger partial charge in [-0.25, -0.2) is 4.39 Å². The van der Waals surface area contributed by atoms with Crippen LogP contribution in [-0.2, 0) is 11.3 Å². The molecular formula is C20H21ClFNO4. The van der Waals surface area contributed by atoms with Crippen LogP contribution in [0.1, 0.15) is 28.8 Å². The smallest absolute Gasteiger partial charge is 0.254 e. The summed E-state index contributed by atoms with van der Waals surface area (Å²) in [6, 6.07) is 9.34. The van der Waals surface area contributed by atoms with Crippen molar-refractivity contribution in [2.75, 3.05) is 20.3 Å². The predicted octanol–water partition coefficient (Wildman–Crippen LogP) is 3.98. The molecule has 1 aliphatic heterocycles. The Kier molecular flexibility index (Phi) is 6.53. The average Bonchev–Trinajstić information content (AvgIpc) is 3.18. The van der Waals surface area contributed by atoms with Crippen LogP contribution in [-0.4, -0.2) is 32.3 Å². The largest absolute Gasteiger partial charge is 0.493 e. The lowest BCUT2D eigenvalue weighted by Crippen LogP contribution is -2.23. The Hall–Kier alpha value is -2.31. The molecule has 1 saturated heterocycles. The summed E-state index contributed by atoms with van der Waals surface area (Å²) in [6.07, 6.45) is 2.16. The summed E-state index contributed by atoms with van der Waals surface area (Å²) in [4.78, 5) is 12.2. The second-order valence-corrected chi connectivity index (χ2v) is 6.67. The number of hydrogen-bond donors (Lipinski definition) is 1. The van der Waals surface area contributed by atoms with Gasteiger partial charge >= 0.3 is 0 Å². The van der Waals surface area contributed by atoms with Crippen molar-refractivity contribution in [2.45, 2.75) is 25.5 Å². The topological polar surface area (TPSA) is 56.8 Å². The number of hydrogen-bond acceptors (Lipinski definition) is 4. The fourth-order valence-corrected chi connectivity index (χ4v) is 3.01. The highest BCUT2D eigenvalue weighted by atomic mass is 35.5. The van der Waals surface area contributed by atoms with Crippen LogP contribution in [0.2, 0.25) is 5.02 Å². The van der Waals surface area contributed by atoms with Crippen LogP contribution >= 0.6 is 11.6 Å². The third kappa shape index (κ3) is 5.11. The van der Waals surface area contributed by atoms with E-state index in [1.807, 2.05) is 6.07 Å². The van der Waals surface area contributed by atoms with E-state index in [-0.39, 0.29) is 23.2 Å². The molecule has 144 valence electrons. The average molecular weight is 394 g/mol. The highest BCUT2D eigenvalue weighted by Crippen LogP contribution is 2.29. The monoisotopic (exact) mass is 393 g/mol. The highest BCUT2D eigenvalue weighted by Gasteiger charge is 2.17. The fraction of sp³-hybridized carbons (Fsp3) is 0.350. The van der Waals surface area contributed by atoms with Crippen LogP contribution in [0.3, 0.4) is 0 Å². The summed E-state index contributed by atoms with van der Waals surface area (Å²) in [6.45, 7) is 1.48. The van der Waals surface area contributed by atoms with E-state index in [0.717, 1.165) is 31.1 Å². The molecule has 2 aromatic rings. The molecule has 0 aromatic heterocycles. The summed E-state index contributed by atoms with van der Waals surface area (Å²) in [5.41, 5.74) is 0.752. The van der Waals surface area contributed by atoms with Gasteiger partial charge in [0.25, 0.3) is 5.91 Å². The highest BCUT2D eigenvalue weighted by molar-refractivity contribution is 6.30. The number of benzene rings is 2. The molecule has 2 aromatic carbocycles. The lowest BCUT2D eigenvalue weighted by molar-refractivity contribution is 0.0669. The number of amides is 1. The van der Waals surface area contributed by atoms with E-state index in [4.69, 9.17) is 25.8 Å². The van der Waals surface area contributed by atoms with Gasteiger partial charge in [0.2, 0.25) is 0 Å². The molecule has 1 amide bonds. The van der Waals surface area contributed by atoms with Crippen LogP contribution in [0.15, 0.2) is 36.4 Å². The maximum Gasteiger partial charge on any atom is 0.254 e. The van der Waals surface area contributed by atoms with Gasteiger partial charge in [-0.1, -0.05) is 17.7 Å². The molecule has 0 bridgehead atoms. The number of carbonyl (C=O) groups is 1. The number of methoxy groups -OCH3 is 1. The molecule has 1 fully saturated rings. The molecule has 27 heavy (non-hydrogen) atoms. The lowest BCUT2D eigenvalue weighted by atomic mass is 10.1. The molecular weight excluding hydrogens is 373 g/mol. The zero-order valence-corrected chi connectivity index (χ0v) is 15.7. The first-order valence-electron chi connectivity index (χ1n) is 8.71. The van der Waals surface area contributed by atoms with E-state index in [0.29, 0.717) is 18.1 Å². The molecule has 0 radical (unpaired) electrons. The van der Waals surface area contributed by atoms with Crippen molar-refractivity contribution in [2.24, 2.45) is 0 Å². The van der Waals surface area contributed by atoms with Gasteiger partial charge in [0, 0.05) is 18.2 Å². The van der Waals surface area contributed by atoms with Crippen LogP contribution in [0.5, 0.6) is 11.5 Å². The molecule has 0 saturated carbocycles. The van der Waals surface area contributed by atoms with E-state index < -0.39 is 11.7 Å². The molecule has 1 aliphatic rings. The van der Waals surface area contributed by atoms with Crippen LogP contribution in [0.4, 0.5) is 4.39 Å². The Bertz CT molecular complexity index is 809. The molecule has 3 rings (SSSR count). The van der Waals surface area contributed by atoms with Gasteiger partial charge in [-0.2, -0.15) is 0 Å². The molecule has 1 atom stereocenters. The summed E-state index contributed by atoms with van der Waals surface area (Å²) in [5.74, 6) is 0.0153. The first-order chi connectivity index (χ1) is 13.1. The molecule has 0 unspecified atom stereocenters. The summed E-state index contributed by atoms with van der Waals surface area (Å²) in [5, 5.41) is 2.93. The molecule has 7 heteroatoms. The summed E-state index contributed by atoms with van der Waals surface area (Å²) < 4.78 is 30.5. The third-order valence-corrected chi connectivity index (χ3v) is 4.54. The number of rotatable bonds is 7. The van der Waals surface area contributed by atoms with Crippen molar-refractivity contribution in [3.63, 3.8) is 0 Å². The van der Waals surface area contributed by atoms with Crippen molar-refractivity contribution in [1.29, 1.82) is 0 Å². The second kappa shape index (κ2) is 9.06. The van der Waals surface area contributed by atoms with Crippen LogP contribution in [0, 0.1) is 5.82 Å². The lowest BCUT2D eigenvalue weighted by Gasteiger charge is -2.15. The molecule has 0 spiro atoms. The Morgan fingerprint density at radius 1 is 1.30 bits per heavy atom. The zero-order chi connectivity index (χ0) is 19.2. The maximum atomic E-state index is 13.8. The second-order valence-electron chi connectivity index (χ2n) is 6.24. The standard InChI is InChI=1S/C20H21ClFNO4/c1-25-19-9-13(4-7-18(19)27-12-15-3-2-8-26-15)11-23-20(24)16-6-5-14(21)10-17(16)22/h4-7,9-10,15H,2-3,8,11-12H2,1H3,(H,23,24)/t15-/m1/s1. The van der Waals surface area contributed by atoms with Gasteiger partial charge < -0.3 is 19.5 Å². The fourth-order valence-electron chi connectivity index (χ4n) is 2.85. The van der Waals surface area contributed by atoms with Crippen LogP contribution < -0.4 is 14.8 Å². The Morgan fingerprint density at radius 2 is 2.15 bits per heavy atom. The normalized spacial score (nSPS) is 16.2. The summed E-state index contributed by atoms with van der Waals surface area (Å²) >= 11 is 5.70. The Morgan fingerprint density at radius 3 is 2.85 bits per heavy atom. The first kappa shape index (κ1) is 19.5. The van der Waals surface area contributed by atoms with Gasteiger partial charge in [0.05, 0.1) is 18.8 Å². The van der Waals surface area contributed by atoms with E-state index in [2.05, 4.69) is 5.32 Å². The number of carbonyl (C=O) groups excluding carboxylic acids is 1. The van der Waals surface area contributed by atoms with Crippen molar-refractivity contribution in [3.05, 3.63) is 58.4 Å². The number of halogens is 2. The van der Waals surface area contributed by atoms with Crippen LogP contribution in [0.25, 0.3) is 0 Å². The third-order valence-electron chi connectivity index (χ3n) is 4.31. The predicted molar refractivity (Wildman–Crippen MR) is 100 cm³/mol. The summed E-state index contributed by atoms with van der Waals surface area (Å²) in [7, 11) is 1.56. The molecule has 5 nitrogen and oxygen atoms in total.